The van der Waals surface area contributed by atoms with Gasteiger partial charge in [-0.25, -0.2) is 4.98 Å². The van der Waals surface area contributed by atoms with Crippen LogP contribution < -0.4 is 0 Å². The van der Waals surface area contributed by atoms with Crippen molar-refractivity contribution in [1.29, 1.82) is 0 Å². The van der Waals surface area contributed by atoms with E-state index in [9.17, 15) is 4.79 Å². The summed E-state index contributed by atoms with van der Waals surface area (Å²) in [6.45, 7) is 7.82. The van der Waals surface area contributed by atoms with Crippen LogP contribution in [0, 0.1) is 13.8 Å². The molecule has 2 aromatic heterocycles. The fourth-order valence-electron chi connectivity index (χ4n) is 3.26. The Balaban J connectivity index is 1.65. The first-order valence-electron chi connectivity index (χ1n) is 8.30. The third-order valence-electron chi connectivity index (χ3n) is 4.42. The monoisotopic (exact) mass is 332 g/mol. The van der Waals surface area contributed by atoms with Crippen LogP contribution >= 0.6 is 11.3 Å². The molecule has 23 heavy (non-hydrogen) atoms. The summed E-state index contributed by atoms with van der Waals surface area (Å²) in [7, 11) is 0. The molecule has 2 aromatic rings. The Morgan fingerprint density at radius 1 is 1.43 bits per heavy atom. The Labute approximate surface area is 141 Å². The number of aryl methyl sites for hydroxylation is 3. The Bertz CT molecular complexity index is 691. The van der Waals surface area contributed by atoms with Crippen LogP contribution in [-0.4, -0.2) is 38.2 Å². The molecular formula is C17H24N4OS. The van der Waals surface area contributed by atoms with Crippen molar-refractivity contribution in [3.8, 4) is 0 Å². The Kier molecular flexibility index (Phi) is 4.80. The summed E-state index contributed by atoms with van der Waals surface area (Å²) in [5.41, 5.74) is 3.11. The lowest BCUT2D eigenvalue weighted by molar-refractivity contribution is -0.131. The fourth-order valence-corrected chi connectivity index (χ4v) is 4.01. The number of thiazole rings is 1. The number of hydrogen-bond donors (Lipinski definition) is 0. The molecule has 1 atom stereocenters. The number of rotatable bonds is 5. The Morgan fingerprint density at radius 2 is 2.26 bits per heavy atom. The maximum Gasteiger partial charge on any atom is 0.228 e. The van der Waals surface area contributed by atoms with Crippen molar-refractivity contribution < 1.29 is 4.79 Å². The summed E-state index contributed by atoms with van der Waals surface area (Å²) >= 11 is 1.65. The van der Waals surface area contributed by atoms with Gasteiger partial charge >= 0.3 is 0 Å². The van der Waals surface area contributed by atoms with Crippen LogP contribution in [0.3, 0.4) is 0 Å². The summed E-state index contributed by atoms with van der Waals surface area (Å²) in [4.78, 5) is 19.2. The molecule has 3 rings (SSSR count). The third kappa shape index (κ3) is 3.63. The van der Waals surface area contributed by atoms with E-state index in [1.165, 1.54) is 0 Å². The van der Waals surface area contributed by atoms with E-state index in [-0.39, 0.29) is 11.9 Å². The molecule has 0 N–H and O–H groups in total. The van der Waals surface area contributed by atoms with Gasteiger partial charge in [-0.05, 0) is 39.2 Å². The summed E-state index contributed by atoms with van der Waals surface area (Å²) in [5.74, 6) is 0.196. The summed E-state index contributed by atoms with van der Waals surface area (Å²) in [6, 6.07) is 2.34. The van der Waals surface area contributed by atoms with E-state index in [1.807, 2.05) is 21.9 Å². The van der Waals surface area contributed by atoms with E-state index in [0.29, 0.717) is 6.42 Å². The molecule has 6 heteroatoms. The van der Waals surface area contributed by atoms with Gasteiger partial charge in [0.1, 0.15) is 0 Å². The number of carbonyl (C=O) groups excluding carboxylic acids is 1. The van der Waals surface area contributed by atoms with Crippen LogP contribution in [0.5, 0.6) is 0 Å². The summed E-state index contributed by atoms with van der Waals surface area (Å²) < 4.78 is 2.03. The van der Waals surface area contributed by atoms with Gasteiger partial charge in [0.2, 0.25) is 5.91 Å². The van der Waals surface area contributed by atoms with Gasteiger partial charge in [-0.15, -0.1) is 11.3 Å². The van der Waals surface area contributed by atoms with Crippen LogP contribution in [-0.2, 0) is 24.2 Å². The largest absolute Gasteiger partial charge is 0.338 e. The molecule has 1 fully saturated rings. The molecule has 0 aliphatic carbocycles. The van der Waals surface area contributed by atoms with Gasteiger partial charge in [-0.3, -0.25) is 9.48 Å². The topological polar surface area (TPSA) is 51.0 Å². The molecule has 1 saturated heterocycles. The number of carbonyl (C=O) groups is 1. The lowest BCUT2D eigenvalue weighted by Gasteiger charge is -2.25. The molecule has 0 aromatic carbocycles. The zero-order valence-electron chi connectivity index (χ0n) is 14.1. The highest BCUT2D eigenvalue weighted by atomic mass is 32.1. The Morgan fingerprint density at radius 3 is 2.91 bits per heavy atom. The summed E-state index contributed by atoms with van der Waals surface area (Å²) in [5, 5.41) is 7.66. The lowest BCUT2D eigenvalue weighted by Crippen LogP contribution is -2.39. The average molecular weight is 332 g/mol. The smallest absolute Gasteiger partial charge is 0.228 e. The molecule has 1 aliphatic heterocycles. The van der Waals surface area contributed by atoms with Crippen molar-refractivity contribution >= 4 is 17.2 Å². The minimum Gasteiger partial charge on any atom is -0.338 e. The van der Waals surface area contributed by atoms with Gasteiger partial charge in [0.05, 0.1) is 35.4 Å². The molecule has 0 bridgehead atoms. The number of hydrogen-bond acceptors (Lipinski definition) is 4. The van der Waals surface area contributed by atoms with Gasteiger partial charge < -0.3 is 4.90 Å². The van der Waals surface area contributed by atoms with E-state index in [0.717, 1.165) is 54.4 Å². The number of aromatic nitrogens is 3. The molecule has 0 saturated carbocycles. The zero-order chi connectivity index (χ0) is 16.4. The average Bonchev–Trinajstić information content (AvgIpc) is 3.21. The predicted molar refractivity (Wildman–Crippen MR) is 91.6 cm³/mol. The van der Waals surface area contributed by atoms with Crippen molar-refractivity contribution in [3.05, 3.63) is 33.5 Å². The van der Waals surface area contributed by atoms with Crippen LogP contribution in [0.2, 0.25) is 0 Å². The molecule has 3 heterocycles. The molecule has 0 spiro atoms. The highest BCUT2D eigenvalue weighted by Gasteiger charge is 2.29. The van der Waals surface area contributed by atoms with E-state index >= 15 is 0 Å². The molecular weight excluding hydrogens is 308 g/mol. The van der Waals surface area contributed by atoms with Crippen molar-refractivity contribution in [2.45, 2.75) is 59.0 Å². The highest BCUT2D eigenvalue weighted by molar-refractivity contribution is 7.09. The number of likely N-dealkylation sites (tertiary alicyclic amines) is 1. The van der Waals surface area contributed by atoms with Crippen LogP contribution in [0.25, 0.3) is 0 Å². The molecule has 5 nitrogen and oxygen atoms in total. The van der Waals surface area contributed by atoms with Gasteiger partial charge in [0.15, 0.2) is 0 Å². The highest BCUT2D eigenvalue weighted by Crippen LogP contribution is 2.21. The van der Waals surface area contributed by atoms with Gasteiger partial charge in [-0.2, -0.15) is 5.10 Å². The minimum atomic E-state index is 0.196. The molecule has 1 amide bonds. The van der Waals surface area contributed by atoms with Crippen molar-refractivity contribution in [2.75, 3.05) is 6.54 Å². The van der Waals surface area contributed by atoms with E-state index < -0.39 is 0 Å². The lowest BCUT2D eigenvalue weighted by atomic mass is 10.2. The van der Waals surface area contributed by atoms with E-state index in [4.69, 9.17) is 0 Å². The summed E-state index contributed by atoms with van der Waals surface area (Å²) in [6.07, 6.45) is 3.49. The van der Waals surface area contributed by atoms with Crippen molar-refractivity contribution in [2.24, 2.45) is 0 Å². The van der Waals surface area contributed by atoms with Crippen LogP contribution in [0.4, 0.5) is 0 Å². The maximum atomic E-state index is 12.7. The van der Waals surface area contributed by atoms with E-state index in [2.05, 4.69) is 30.0 Å². The minimum absolute atomic E-state index is 0.196. The first kappa shape index (κ1) is 16.2. The standard InChI is InChI=1S/C17H24N4OS/c1-4-16-18-14(11-23-16)9-17(22)20-7-5-6-15(20)10-21-13(3)8-12(2)19-21/h8,11,15H,4-7,9-10H2,1-3H3. The number of amides is 1. The van der Waals surface area contributed by atoms with Gasteiger partial charge in [0, 0.05) is 17.6 Å². The predicted octanol–water partition coefficient (Wildman–Crippen LogP) is 2.75. The normalized spacial score (nSPS) is 17.9. The Hall–Kier alpha value is -1.69. The molecule has 1 unspecified atom stereocenters. The quantitative estimate of drug-likeness (QED) is 0.846. The zero-order valence-corrected chi connectivity index (χ0v) is 14.9. The first-order valence-corrected chi connectivity index (χ1v) is 9.18. The first-order chi connectivity index (χ1) is 11.1. The number of nitrogens with zero attached hydrogens (tertiary/aromatic N) is 4. The molecule has 1 aliphatic rings. The van der Waals surface area contributed by atoms with Crippen LogP contribution in [0.1, 0.15) is 41.9 Å². The van der Waals surface area contributed by atoms with Crippen molar-refractivity contribution in [1.82, 2.24) is 19.7 Å². The van der Waals surface area contributed by atoms with Gasteiger partial charge in [0.25, 0.3) is 0 Å². The molecule has 0 radical (unpaired) electrons. The fraction of sp³-hybridized carbons (Fsp3) is 0.588. The molecule has 124 valence electrons. The van der Waals surface area contributed by atoms with Gasteiger partial charge in [-0.1, -0.05) is 6.92 Å². The second-order valence-electron chi connectivity index (χ2n) is 6.26. The van der Waals surface area contributed by atoms with Crippen molar-refractivity contribution in [3.63, 3.8) is 0 Å². The maximum absolute atomic E-state index is 12.7. The second-order valence-corrected chi connectivity index (χ2v) is 7.20. The van der Waals surface area contributed by atoms with Crippen LogP contribution in [0.15, 0.2) is 11.4 Å². The van der Waals surface area contributed by atoms with E-state index in [1.54, 1.807) is 11.3 Å². The SMILES string of the molecule is CCc1nc(CC(=O)N2CCCC2Cn2nc(C)cc2C)cs1. The third-order valence-corrected chi connectivity index (χ3v) is 5.46. The second kappa shape index (κ2) is 6.83.